The van der Waals surface area contributed by atoms with Crippen molar-refractivity contribution in [1.82, 2.24) is 23.6 Å². The summed E-state index contributed by atoms with van der Waals surface area (Å²) in [5.74, 6) is -0.894. The average molecular weight is 391 g/mol. The molecule has 0 spiro atoms. The van der Waals surface area contributed by atoms with Gasteiger partial charge in [0.05, 0.1) is 23.1 Å². The number of carboxylic acids is 1. The lowest BCUT2D eigenvalue weighted by Crippen LogP contribution is -2.38. The summed E-state index contributed by atoms with van der Waals surface area (Å²) in [6, 6.07) is 1.50. The van der Waals surface area contributed by atoms with Gasteiger partial charge in [-0.05, 0) is 24.8 Å². The fraction of sp³-hybridized carbons (Fsp3) is 0.412. The van der Waals surface area contributed by atoms with Gasteiger partial charge >= 0.3 is 5.97 Å². The second kappa shape index (κ2) is 7.67. The lowest BCUT2D eigenvalue weighted by molar-refractivity contribution is 0.0696. The Labute approximate surface area is 157 Å². The number of carbonyl (C=O) groups is 1. The summed E-state index contributed by atoms with van der Waals surface area (Å²) < 4.78 is 27.2. The quantitative estimate of drug-likeness (QED) is 0.778. The number of nitrogens with zero attached hydrogens (tertiary/aromatic N) is 5. The van der Waals surface area contributed by atoms with Crippen LogP contribution in [0.15, 0.2) is 30.9 Å². The van der Waals surface area contributed by atoms with E-state index in [1.54, 1.807) is 18.6 Å². The van der Waals surface area contributed by atoms with E-state index in [9.17, 15) is 13.2 Å². The molecule has 1 fully saturated rings. The average Bonchev–Trinajstić information content (AvgIpc) is 3.11. The minimum absolute atomic E-state index is 0.0834. The molecule has 1 saturated heterocycles. The largest absolute Gasteiger partial charge is 0.478 e. The SMILES string of the molecule is CN(C)S(=O)(=O)N1CC[C@@H](Cc2cncc(-c3cncc(C(=O)O)c3)n2)C1. The first-order valence-corrected chi connectivity index (χ1v) is 9.84. The monoisotopic (exact) mass is 391 g/mol. The van der Waals surface area contributed by atoms with Gasteiger partial charge in [-0.2, -0.15) is 17.0 Å². The van der Waals surface area contributed by atoms with Crippen molar-refractivity contribution >= 4 is 16.2 Å². The Hall–Kier alpha value is -2.43. The van der Waals surface area contributed by atoms with E-state index in [1.807, 2.05) is 0 Å². The van der Waals surface area contributed by atoms with Gasteiger partial charge in [-0.3, -0.25) is 9.97 Å². The predicted octanol–water partition coefficient (Wildman–Crippen LogP) is 0.908. The van der Waals surface area contributed by atoms with Gasteiger partial charge in [-0.1, -0.05) is 0 Å². The van der Waals surface area contributed by atoms with E-state index >= 15 is 0 Å². The molecule has 0 amide bonds. The number of aromatic carboxylic acids is 1. The molecule has 3 rings (SSSR count). The van der Waals surface area contributed by atoms with Gasteiger partial charge in [-0.15, -0.1) is 0 Å². The van der Waals surface area contributed by atoms with E-state index in [0.717, 1.165) is 12.1 Å². The van der Waals surface area contributed by atoms with E-state index < -0.39 is 16.2 Å². The lowest BCUT2D eigenvalue weighted by Gasteiger charge is -2.20. The van der Waals surface area contributed by atoms with Gasteiger partial charge in [0.2, 0.25) is 0 Å². The molecule has 1 aliphatic heterocycles. The molecule has 3 heterocycles. The number of aromatic nitrogens is 3. The Balaban J connectivity index is 1.74. The highest BCUT2D eigenvalue weighted by atomic mass is 32.2. The molecule has 0 bridgehead atoms. The minimum atomic E-state index is -3.40. The van der Waals surface area contributed by atoms with Crippen LogP contribution in [0.4, 0.5) is 0 Å². The highest BCUT2D eigenvalue weighted by Crippen LogP contribution is 2.24. The van der Waals surface area contributed by atoms with Crippen LogP contribution in [0.3, 0.4) is 0 Å². The van der Waals surface area contributed by atoms with Crippen LogP contribution in [-0.4, -0.2) is 70.2 Å². The molecule has 1 N–H and O–H groups in total. The van der Waals surface area contributed by atoms with Crippen molar-refractivity contribution in [2.75, 3.05) is 27.2 Å². The molecule has 144 valence electrons. The summed E-state index contributed by atoms with van der Waals surface area (Å²) in [6.07, 6.45) is 7.40. The molecule has 0 saturated carbocycles. The molecule has 1 aliphatic rings. The molecule has 0 aromatic carbocycles. The molecule has 1 atom stereocenters. The summed E-state index contributed by atoms with van der Waals surface area (Å²) in [5.41, 5.74) is 1.94. The second-order valence-corrected chi connectivity index (χ2v) is 8.81. The Morgan fingerprint density at radius 3 is 2.70 bits per heavy atom. The third-order valence-corrected chi connectivity index (χ3v) is 6.41. The summed E-state index contributed by atoms with van der Waals surface area (Å²) in [6.45, 7) is 0.936. The smallest absolute Gasteiger partial charge is 0.337 e. The summed E-state index contributed by atoms with van der Waals surface area (Å²) in [4.78, 5) is 23.8. The number of rotatable bonds is 6. The number of pyridine rings is 1. The minimum Gasteiger partial charge on any atom is -0.478 e. The van der Waals surface area contributed by atoms with Gasteiger partial charge in [0.25, 0.3) is 10.2 Å². The topological polar surface area (TPSA) is 117 Å². The predicted molar refractivity (Wildman–Crippen MR) is 98.2 cm³/mol. The van der Waals surface area contributed by atoms with Crippen molar-refractivity contribution in [3.05, 3.63) is 42.1 Å². The fourth-order valence-electron chi connectivity index (χ4n) is 3.04. The van der Waals surface area contributed by atoms with E-state index in [0.29, 0.717) is 30.8 Å². The number of carboxylic acid groups (broad SMARTS) is 1. The number of hydrogen-bond acceptors (Lipinski definition) is 6. The van der Waals surface area contributed by atoms with Crippen LogP contribution in [0, 0.1) is 5.92 Å². The maximum Gasteiger partial charge on any atom is 0.337 e. The van der Waals surface area contributed by atoms with E-state index in [1.165, 1.54) is 35.0 Å². The molecule has 27 heavy (non-hydrogen) atoms. The summed E-state index contributed by atoms with van der Waals surface area (Å²) in [7, 11) is -0.350. The molecule has 0 aliphatic carbocycles. The van der Waals surface area contributed by atoms with Crippen molar-refractivity contribution in [2.24, 2.45) is 5.92 Å². The zero-order valence-corrected chi connectivity index (χ0v) is 15.9. The van der Waals surface area contributed by atoms with Gasteiger partial charge in [0.1, 0.15) is 0 Å². The van der Waals surface area contributed by atoms with Crippen molar-refractivity contribution in [1.29, 1.82) is 0 Å². The van der Waals surface area contributed by atoms with Crippen LogP contribution >= 0.6 is 0 Å². The maximum absolute atomic E-state index is 12.2. The number of hydrogen-bond donors (Lipinski definition) is 1. The van der Waals surface area contributed by atoms with Gasteiger partial charge in [-0.25, -0.2) is 9.78 Å². The maximum atomic E-state index is 12.2. The fourth-order valence-corrected chi connectivity index (χ4v) is 4.24. The first-order valence-electron chi connectivity index (χ1n) is 8.44. The second-order valence-electron chi connectivity index (χ2n) is 6.67. The van der Waals surface area contributed by atoms with Crippen LogP contribution < -0.4 is 0 Å². The van der Waals surface area contributed by atoms with Crippen LogP contribution in [0.25, 0.3) is 11.3 Å². The van der Waals surface area contributed by atoms with E-state index in [-0.39, 0.29) is 11.5 Å². The van der Waals surface area contributed by atoms with Crippen LogP contribution in [0.2, 0.25) is 0 Å². The van der Waals surface area contributed by atoms with E-state index in [4.69, 9.17) is 5.11 Å². The Bertz CT molecular complexity index is 948. The molecule has 2 aromatic heterocycles. The Kier molecular flexibility index (Phi) is 5.49. The molecular weight excluding hydrogens is 370 g/mol. The van der Waals surface area contributed by atoms with Gasteiger partial charge in [0, 0.05) is 51.3 Å². The summed E-state index contributed by atoms with van der Waals surface area (Å²) in [5, 5.41) is 9.10. The first kappa shape index (κ1) is 19.3. The zero-order chi connectivity index (χ0) is 19.6. The highest BCUT2D eigenvalue weighted by Gasteiger charge is 2.32. The first-order chi connectivity index (χ1) is 12.8. The Morgan fingerprint density at radius 1 is 1.26 bits per heavy atom. The van der Waals surface area contributed by atoms with Crippen molar-refractivity contribution in [3.63, 3.8) is 0 Å². The highest BCUT2D eigenvalue weighted by molar-refractivity contribution is 7.86. The van der Waals surface area contributed by atoms with Crippen molar-refractivity contribution in [3.8, 4) is 11.3 Å². The van der Waals surface area contributed by atoms with Crippen LogP contribution in [-0.2, 0) is 16.6 Å². The molecular formula is C17H21N5O4S. The molecule has 9 nitrogen and oxygen atoms in total. The Morgan fingerprint density at radius 2 is 2.00 bits per heavy atom. The van der Waals surface area contributed by atoms with Crippen LogP contribution in [0.5, 0.6) is 0 Å². The molecule has 10 heteroatoms. The molecule has 0 radical (unpaired) electrons. The standard InChI is InChI=1S/C17H21N5O4S/c1-21(2)27(25,26)22-4-3-12(11-22)5-15-9-19-10-16(20-15)13-6-14(17(23)24)8-18-7-13/h6-10,12H,3-5,11H2,1-2H3,(H,23,24)/t12-/m0/s1. The molecule has 0 unspecified atom stereocenters. The third-order valence-electron chi connectivity index (χ3n) is 4.50. The lowest BCUT2D eigenvalue weighted by atomic mass is 10.0. The van der Waals surface area contributed by atoms with E-state index in [2.05, 4.69) is 15.0 Å². The zero-order valence-electron chi connectivity index (χ0n) is 15.1. The normalized spacial score (nSPS) is 18.1. The van der Waals surface area contributed by atoms with Crippen molar-refractivity contribution in [2.45, 2.75) is 12.8 Å². The van der Waals surface area contributed by atoms with Gasteiger partial charge in [0.15, 0.2) is 0 Å². The van der Waals surface area contributed by atoms with Crippen molar-refractivity contribution < 1.29 is 18.3 Å². The van der Waals surface area contributed by atoms with Crippen LogP contribution in [0.1, 0.15) is 22.5 Å². The third kappa shape index (κ3) is 4.29. The van der Waals surface area contributed by atoms with Gasteiger partial charge < -0.3 is 5.11 Å². The molecule has 2 aromatic rings. The summed E-state index contributed by atoms with van der Waals surface area (Å²) >= 11 is 0.